The SMILES string of the molecule is CCCCn1c(=O)c(NC(=O)Nc2cc(Cc3ncc[nH]3)ccc2C(C)(C)C)c(-c2cccc(OC)c2)c2cccnc21. The van der Waals surface area contributed by atoms with Gasteiger partial charge < -0.3 is 20.4 Å². The average Bonchev–Trinajstić information content (AvgIpc) is 3.50. The monoisotopic (exact) mass is 578 g/mol. The van der Waals surface area contributed by atoms with Crippen LogP contribution in [0.5, 0.6) is 5.75 Å². The topological polar surface area (TPSA) is 114 Å². The van der Waals surface area contributed by atoms with Crippen LogP contribution < -0.4 is 20.9 Å². The zero-order valence-electron chi connectivity index (χ0n) is 25.3. The van der Waals surface area contributed by atoms with E-state index in [1.54, 1.807) is 30.3 Å². The third-order valence-corrected chi connectivity index (χ3v) is 7.42. The normalized spacial score (nSPS) is 11.5. The second-order valence-corrected chi connectivity index (χ2v) is 11.6. The molecule has 0 saturated heterocycles. The Morgan fingerprint density at radius 2 is 1.86 bits per heavy atom. The van der Waals surface area contributed by atoms with Gasteiger partial charge in [-0.3, -0.25) is 9.36 Å². The maximum Gasteiger partial charge on any atom is 0.323 e. The van der Waals surface area contributed by atoms with Gasteiger partial charge in [0.05, 0.1) is 7.11 Å². The maximum atomic E-state index is 14.1. The van der Waals surface area contributed by atoms with Gasteiger partial charge >= 0.3 is 6.03 Å². The Hall–Kier alpha value is -4.92. The van der Waals surface area contributed by atoms with Crippen LogP contribution in [-0.4, -0.2) is 32.7 Å². The number of carbonyl (C=O) groups excluding carboxylic acids is 1. The number of aromatic amines is 1. The maximum absolute atomic E-state index is 14.1. The van der Waals surface area contributed by atoms with Gasteiger partial charge in [0.15, 0.2) is 0 Å². The molecule has 2 aromatic carbocycles. The van der Waals surface area contributed by atoms with E-state index in [0.717, 1.165) is 40.7 Å². The van der Waals surface area contributed by atoms with Gasteiger partial charge in [-0.1, -0.05) is 58.4 Å². The van der Waals surface area contributed by atoms with E-state index in [1.165, 1.54) is 0 Å². The lowest BCUT2D eigenvalue weighted by Gasteiger charge is -2.24. The lowest BCUT2D eigenvalue weighted by molar-refractivity contribution is 0.262. The lowest BCUT2D eigenvalue weighted by Crippen LogP contribution is -2.30. The number of amides is 2. The van der Waals surface area contributed by atoms with Crippen molar-refractivity contribution in [3.63, 3.8) is 0 Å². The number of urea groups is 1. The van der Waals surface area contributed by atoms with Gasteiger partial charge in [0, 0.05) is 48.2 Å². The van der Waals surface area contributed by atoms with Crippen LogP contribution in [0.25, 0.3) is 22.2 Å². The second kappa shape index (κ2) is 12.5. The first-order chi connectivity index (χ1) is 20.7. The molecule has 0 radical (unpaired) electrons. The minimum atomic E-state index is -0.507. The smallest absolute Gasteiger partial charge is 0.323 e. The van der Waals surface area contributed by atoms with E-state index in [-0.39, 0.29) is 16.7 Å². The van der Waals surface area contributed by atoms with E-state index < -0.39 is 6.03 Å². The van der Waals surface area contributed by atoms with Gasteiger partial charge in [-0.15, -0.1) is 0 Å². The zero-order chi connectivity index (χ0) is 30.6. The predicted molar refractivity (Wildman–Crippen MR) is 172 cm³/mol. The number of benzene rings is 2. The quantitative estimate of drug-likeness (QED) is 0.172. The number of nitrogens with one attached hydrogen (secondary N) is 3. The minimum Gasteiger partial charge on any atom is -0.497 e. The summed E-state index contributed by atoms with van der Waals surface area (Å²) in [6, 6.07) is 16.8. The molecule has 0 aliphatic rings. The van der Waals surface area contributed by atoms with Crippen LogP contribution in [0, 0.1) is 0 Å². The molecule has 9 heteroatoms. The Labute approximate surface area is 251 Å². The molecule has 3 heterocycles. The number of carbonyl (C=O) groups is 1. The highest BCUT2D eigenvalue weighted by Gasteiger charge is 2.23. The third-order valence-electron chi connectivity index (χ3n) is 7.42. The number of unbranched alkanes of at least 4 members (excludes halogenated alkanes) is 1. The molecule has 3 aromatic heterocycles. The first kappa shape index (κ1) is 29.6. The molecule has 0 fully saturated rings. The van der Waals surface area contributed by atoms with E-state index in [9.17, 15) is 9.59 Å². The number of hydrogen-bond donors (Lipinski definition) is 3. The average molecular weight is 579 g/mol. The number of methoxy groups -OCH3 is 1. The van der Waals surface area contributed by atoms with Crippen LogP contribution >= 0.6 is 0 Å². The van der Waals surface area contributed by atoms with Gasteiger partial charge in [-0.25, -0.2) is 14.8 Å². The van der Waals surface area contributed by atoms with Crippen LogP contribution in [-0.2, 0) is 18.4 Å². The first-order valence-corrected chi connectivity index (χ1v) is 14.5. The number of H-pyrrole nitrogens is 1. The predicted octanol–water partition coefficient (Wildman–Crippen LogP) is 7.13. The first-order valence-electron chi connectivity index (χ1n) is 14.5. The molecule has 5 aromatic rings. The third kappa shape index (κ3) is 6.45. The van der Waals surface area contributed by atoms with E-state index in [4.69, 9.17) is 4.74 Å². The molecule has 0 saturated carbocycles. The van der Waals surface area contributed by atoms with Crippen molar-refractivity contribution in [3.8, 4) is 16.9 Å². The fourth-order valence-corrected chi connectivity index (χ4v) is 5.31. The molecule has 43 heavy (non-hydrogen) atoms. The number of aryl methyl sites for hydroxylation is 1. The fraction of sp³-hybridized carbons (Fsp3) is 0.294. The van der Waals surface area contributed by atoms with Crippen LogP contribution in [0.15, 0.2) is 78.0 Å². The van der Waals surface area contributed by atoms with Gasteiger partial charge in [0.2, 0.25) is 0 Å². The molecule has 0 bridgehead atoms. The summed E-state index contributed by atoms with van der Waals surface area (Å²) in [5.41, 5.74) is 4.19. The largest absolute Gasteiger partial charge is 0.497 e. The van der Waals surface area contributed by atoms with E-state index in [0.29, 0.717) is 35.6 Å². The highest BCUT2D eigenvalue weighted by Crippen LogP contribution is 2.35. The Morgan fingerprint density at radius 1 is 1.02 bits per heavy atom. The van der Waals surface area contributed by atoms with Crippen LogP contribution in [0.1, 0.15) is 57.5 Å². The molecule has 0 aliphatic heterocycles. The number of rotatable bonds is 9. The molecule has 2 amide bonds. The Morgan fingerprint density at radius 3 is 2.58 bits per heavy atom. The Balaban J connectivity index is 1.60. The summed E-state index contributed by atoms with van der Waals surface area (Å²) in [6.07, 6.45) is 7.49. The molecule has 0 spiro atoms. The summed E-state index contributed by atoms with van der Waals surface area (Å²) in [5.74, 6) is 1.47. The molecule has 0 aliphatic carbocycles. The van der Waals surface area contributed by atoms with Crippen molar-refractivity contribution >= 4 is 28.4 Å². The lowest BCUT2D eigenvalue weighted by atomic mass is 9.85. The number of anilines is 2. The summed E-state index contributed by atoms with van der Waals surface area (Å²) in [7, 11) is 1.60. The number of hydrogen-bond acceptors (Lipinski definition) is 5. The number of nitrogens with zero attached hydrogens (tertiary/aromatic N) is 3. The summed E-state index contributed by atoms with van der Waals surface area (Å²) < 4.78 is 7.14. The van der Waals surface area contributed by atoms with Gasteiger partial charge in [-0.05, 0) is 58.9 Å². The summed E-state index contributed by atoms with van der Waals surface area (Å²) in [6.45, 7) is 8.86. The van der Waals surface area contributed by atoms with E-state index >= 15 is 0 Å². The highest BCUT2D eigenvalue weighted by atomic mass is 16.5. The Bertz CT molecular complexity index is 1800. The van der Waals surface area contributed by atoms with Crippen LogP contribution in [0.4, 0.5) is 16.2 Å². The van der Waals surface area contributed by atoms with Gasteiger partial charge in [0.1, 0.15) is 22.9 Å². The molecule has 0 atom stereocenters. The van der Waals surface area contributed by atoms with Gasteiger partial charge in [-0.2, -0.15) is 0 Å². The molecular weight excluding hydrogens is 540 g/mol. The summed E-state index contributed by atoms with van der Waals surface area (Å²) in [4.78, 5) is 40.0. The number of imidazole rings is 1. The molecule has 0 unspecified atom stereocenters. The number of aromatic nitrogens is 4. The number of ether oxygens (including phenoxy) is 1. The van der Waals surface area contributed by atoms with Crippen molar-refractivity contribution in [2.75, 3.05) is 17.7 Å². The van der Waals surface area contributed by atoms with Crippen molar-refractivity contribution in [1.82, 2.24) is 19.5 Å². The van der Waals surface area contributed by atoms with Crippen molar-refractivity contribution in [3.05, 3.63) is 100 Å². The molecular formula is C34H38N6O3. The van der Waals surface area contributed by atoms with Crippen molar-refractivity contribution < 1.29 is 9.53 Å². The molecule has 222 valence electrons. The van der Waals surface area contributed by atoms with Crippen LogP contribution in [0.2, 0.25) is 0 Å². The second-order valence-electron chi connectivity index (χ2n) is 11.6. The molecule has 3 N–H and O–H groups in total. The van der Waals surface area contributed by atoms with Crippen LogP contribution in [0.3, 0.4) is 0 Å². The fourth-order valence-electron chi connectivity index (χ4n) is 5.31. The van der Waals surface area contributed by atoms with Crippen molar-refractivity contribution in [2.45, 2.75) is 58.9 Å². The molecule has 9 nitrogen and oxygen atoms in total. The van der Waals surface area contributed by atoms with Crippen molar-refractivity contribution in [1.29, 1.82) is 0 Å². The van der Waals surface area contributed by atoms with E-state index in [1.807, 2.05) is 48.5 Å². The van der Waals surface area contributed by atoms with E-state index in [2.05, 4.69) is 59.3 Å². The minimum absolute atomic E-state index is 0.186. The number of fused-ring (bicyclic) bond motifs is 1. The summed E-state index contributed by atoms with van der Waals surface area (Å²) in [5, 5.41) is 6.76. The molecule has 5 rings (SSSR count). The van der Waals surface area contributed by atoms with Gasteiger partial charge in [0.25, 0.3) is 5.56 Å². The Kier molecular flexibility index (Phi) is 8.61. The standard InChI is InChI=1S/C34H38N6O3/c1-6-7-18-40-31-25(12-9-15-37-31)29(23-10-8-11-24(21-23)43-5)30(32(40)41)39-33(42)38-27-19-22(20-28-35-16-17-36-28)13-14-26(27)34(2,3)4/h8-17,19,21H,6-7,18,20H2,1-5H3,(H,35,36)(H2,38,39,42). The summed E-state index contributed by atoms with van der Waals surface area (Å²) >= 11 is 0. The van der Waals surface area contributed by atoms with Crippen molar-refractivity contribution in [2.24, 2.45) is 0 Å². The number of pyridine rings is 2. The zero-order valence-corrected chi connectivity index (χ0v) is 25.3. The highest BCUT2D eigenvalue weighted by molar-refractivity contribution is 6.07.